The quantitative estimate of drug-likeness (QED) is 0.665. The second-order valence-corrected chi connectivity index (χ2v) is 3.39. The van der Waals surface area contributed by atoms with Crippen molar-refractivity contribution in [3.63, 3.8) is 0 Å². The molecule has 0 aromatic carbocycles. The number of rotatable bonds is 2. The Labute approximate surface area is 77.3 Å². The first-order valence-corrected chi connectivity index (χ1v) is 4.71. The lowest BCUT2D eigenvalue weighted by Crippen LogP contribution is -2.33. The summed E-state index contributed by atoms with van der Waals surface area (Å²) in [5.41, 5.74) is 5.63. The molecule has 1 aromatic rings. The Morgan fingerprint density at radius 3 is 3.15 bits per heavy atom. The van der Waals surface area contributed by atoms with Crippen LogP contribution >= 0.6 is 0 Å². The van der Waals surface area contributed by atoms with Gasteiger partial charge in [-0.05, 0) is 6.54 Å². The molecule has 0 fully saturated rings. The summed E-state index contributed by atoms with van der Waals surface area (Å²) in [5, 5.41) is 11.4. The maximum absolute atomic E-state index is 5.63. The van der Waals surface area contributed by atoms with Gasteiger partial charge in [0.1, 0.15) is 5.82 Å². The highest BCUT2D eigenvalue weighted by Crippen LogP contribution is 2.16. The van der Waals surface area contributed by atoms with Crippen LogP contribution in [0.2, 0.25) is 0 Å². The molecule has 2 heterocycles. The summed E-state index contributed by atoms with van der Waals surface area (Å²) in [6.45, 7) is 4.67. The summed E-state index contributed by atoms with van der Waals surface area (Å²) in [7, 11) is 0. The Hall–Kier alpha value is -1.10. The van der Waals surface area contributed by atoms with Gasteiger partial charge >= 0.3 is 0 Å². The van der Waals surface area contributed by atoms with Gasteiger partial charge in [-0.25, -0.2) is 0 Å². The molecule has 72 valence electrons. The number of nitrogens with one attached hydrogen (secondary N) is 1. The lowest BCUT2D eigenvalue weighted by Gasteiger charge is -2.23. The molecule has 1 aliphatic rings. The average molecular weight is 181 g/mol. The molecule has 0 spiro atoms. The maximum Gasteiger partial charge on any atom is 0.224 e. The van der Waals surface area contributed by atoms with Crippen molar-refractivity contribution in [2.75, 3.05) is 18.4 Å². The zero-order valence-electron chi connectivity index (χ0n) is 7.82. The molecule has 0 saturated heterocycles. The molecule has 3 N–H and O–H groups in total. The number of nitrogens with zero attached hydrogens (tertiary/aromatic N) is 3. The van der Waals surface area contributed by atoms with E-state index in [1.807, 2.05) is 0 Å². The van der Waals surface area contributed by atoms with E-state index >= 15 is 0 Å². The van der Waals surface area contributed by atoms with Gasteiger partial charge in [0.2, 0.25) is 5.95 Å². The fourth-order valence-electron chi connectivity index (χ4n) is 1.64. The minimum Gasteiger partial charge on any atom is -0.354 e. The smallest absolute Gasteiger partial charge is 0.224 e. The highest BCUT2D eigenvalue weighted by molar-refractivity contribution is 5.28. The van der Waals surface area contributed by atoms with Crippen LogP contribution in [0.3, 0.4) is 0 Å². The maximum atomic E-state index is 5.63. The second kappa shape index (κ2) is 3.33. The summed E-state index contributed by atoms with van der Waals surface area (Å²) in [6.07, 6.45) is 0.923. The zero-order valence-corrected chi connectivity index (χ0v) is 7.82. The number of aromatic nitrogens is 3. The molecule has 1 unspecified atom stereocenters. The molecule has 1 aromatic heterocycles. The van der Waals surface area contributed by atoms with Crippen molar-refractivity contribution in [2.45, 2.75) is 19.9 Å². The number of hydrogen-bond donors (Lipinski definition) is 2. The zero-order chi connectivity index (χ0) is 9.26. The molecular formula is C8H15N5. The van der Waals surface area contributed by atoms with Crippen molar-refractivity contribution < 1.29 is 0 Å². The van der Waals surface area contributed by atoms with Crippen LogP contribution in [0.15, 0.2) is 0 Å². The van der Waals surface area contributed by atoms with E-state index in [2.05, 4.69) is 27.0 Å². The van der Waals surface area contributed by atoms with Crippen LogP contribution in [0, 0.1) is 5.92 Å². The first-order valence-electron chi connectivity index (χ1n) is 4.71. The normalized spacial score (nSPS) is 20.9. The predicted molar refractivity (Wildman–Crippen MR) is 50.4 cm³/mol. The Balaban J connectivity index is 2.25. The second-order valence-electron chi connectivity index (χ2n) is 3.39. The number of fused-ring (bicyclic) bond motifs is 1. The van der Waals surface area contributed by atoms with E-state index in [0.717, 1.165) is 31.3 Å². The standard InChI is InChI=1S/C8H15N5/c1-2-7-11-12-8-10-4-6(3-9)5-13(7)8/h6H,2-5,9H2,1H3,(H,10,12). The number of nitrogens with two attached hydrogens (primary N) is 1. The van der Waals surface area contributed by atoms with E-state index in [-0.39, 0.29) is 0 Å². The molecule has 2 rings (SSSR count). The molecule has 5 nitrogen and oxygen atoms in total. The fraction of sp³-hybridized carbons (Fsp3) is 0.750. The van der Waals surface area contributed by atoms with Crippen molar-refractivity contribution in [3.8, 4) is 0 Å². The van der Waals surface area contributed by atoms with Crippen molar-refractivity contribution in [1.82, 2.24) is 14.8 Å². The third-order valence-electron chi connectivity index (χ3n) is 2.47. The lowest BCUT2D eigenvalue weighted by molar-refractivity contribution is 0.441. The molecular weight excluding hydrogens is 166 g/mol. The van der Waals surface area contributed by atoms with E-state index in [1.54, 1.807) is 0 Å². The summed E-state index contributed by atoms with van der Waals surface area (Å²) >= 11 is 0. The van der Waals surface area contributed by atoms with Crippen molar-refractivity contribution in [1.29, 1.82) is 0 Å². The molecule has 0 radical (unpaired) electrons. The Bertz CT molecular complexity index is 279. The van der Waals surface area contributed by atoms with E-state index in [0.29, 0.717) is 12.5 Å². The summed E-state index contributed by atoms with van der Waals surface area (Å²) in [5.74, 6) is 2.44. The van der Waals surface area contributed by atoms with Crippen LogP contribution in [0.1, 0.15) is 12.7 Å². The van der Waals surface area contributed by atoms with Crippen LogP contribution in [0.4, 0.5) is 5.95 Å². The first-order chi connectivity index (χ1) is 6.35. The highest BCUT2D eigenvalue weighted by Gasteiger charge is 2.20. The van der Waals surface area contributed by atoms with E-state index < -0.39 is 0 Å². The van der Waals surface area contributed by atoms with Crippen molar-refractivity contribution in [3.05, 3.63) is 5.82 Å². The Morgan fingerprint density at radius 1 is 1.62 bits per heavy atom. The minimum absolute atomic E-state index is 0.508. The van der Waals surface area contributed by atoms with Gasteiger partial charge in [-0.1, -0.05) is 6.92 Å². The van der Waals surface area contributed by atoms with Crippen LogP contribution in [-0.2, 0) is 13.0 Å². The van der Waals surface area contributed by atoms with Gasteiger partial charge < -0.3 is 11.1 Å². The predicted octanol–water partition coefficient (Wildman–Crippen LogP) is -0.159. The Morgan fingerprint density at radius 2 is 2.46 bits per heavy atom. The Kier molecular flexibility index (Phi) is 2.18. The van der Waals surface area contributed by atoms with E-state index in [9.17, 15) is 0 Å². The summed E-state index contributed by atoms with van der Waals surface area (Å²) in [4.78, 5) is 0. The van der Waals surface area contributed by atoms with Crippen LogP contribution < -0.4 is 11.1 Å². The highest BCUT2D eigenvalue weighted by atomic mass is 15.4. The molecule has 13 heavy (non-hydrogen) atoms. The number of hydrogen-bond acceptors (Lipinski definition) is 4. The van der Waals surface area contributed by atoms with Crippen molar-refractivity contribution in [2.24, 2.45) is 11.7 Å². The summed E-state index contributed by atoms with van der Waals surface area (Å²) < 4.78 is 2.13. The SMILES string of the molecule is CCc1nnc2n1CC(CN)CN2. The monoisotopic (exact) mass is 181 g/mol. The largest absolute Gasteiger partial charge is 0.354 e. The van der Waals surface area contributed by atoms with Gasteiger partial charge in [-0.2, -0.15) is 0 Å². The molecule has 1 atom stereocenters. The molecule has 0 saturated carbocycles. The third kappa shape index (κ3) is 1.39. The fourth-order valence-corrected chi connectivity index (χ4v) is 1.64. The lowest BCUT2D eigenvalue weighted by atomic mass is 10.1. The van der Waals surface area contributed by atoms with Gasteiger partial charge in [0.15, 0.2) is 0 Å². The topological polar surface area (TPSA) is 68.8 Å². The molecule has 5 heteroatoms. The first kappa shape index (κ1) is 8.50. The molecule has 0 bridgehead atoms. The molecule has 1 aliphatic heterocycles. The third-order valence-corrected chi connectivity index (χ3v) is 2.47. The van der Waals surface area contributed by atoms with Gasteiger partial charge in [0.25, 0.3) is 0 Å². The van der Waals surface area contributed by atoms with Crippen molar-refractivity contribution >= 4 is 5.95 Å². The van der Waals surface area contributed by atoms with E-state index in [1.165, 1.54) is 0 Å². The summed E-state index contributed by atoms with van der Waals surface area (Å²) in [6, 6.07) is 0. The van der Waals surface area contributed by atoms with Gasteiger partial charge in [-0.3, -0.25) is 4.57 Å². The average Bonchev–Trinajstić information content (AvgIpc) is 2.59. The number of aryl methyl sites for hydroxylation is 1. The van der Waals surface area contributed by atoms with Crippen LogP contribution in [0.25, 0.3) is 0 Å². The molecule has 0 amide bonds. The molecule has 0 aliphatic carbocycles. The minimum atomic E-state index is 0.508. The van der Waals surface area contributed by atoms with Gasteiger partial charge in [-0.15, -0.1) is 10.2 Å². The van der Waals surface area contributed by atoms with Crippen LogP contribution in [-0.4, -0.2) is 27.9 Å². The van der Waals surface area contributed by atoms with Gasteiger partial charge in [0, 0.05) is 25.4 Å². The number of anilines is 1. The van der Waals surface area contributed by atoms with E-state index in [4.69, 9.17) is 5.73 Å². The van der Waals surface area contributed by atoms with Gasteiger partial charge in [0.05, 0.1) is 0 Å². The van der Waals surface area contributed by atoms with Crippen LogP contribution in [0.5, 0.6) is 0 Å².